The van der Waals surface area contributed by atoms with Gasteiger partial charge in [-0.15, -0.1) is 0 Å². The van der Waals surface area contributed by atoms with Crippen molar-refractivity contribution in [1.29, 1.82) is 0 Å². The quantitative estimate of drug-likeness (QED) is 0.863. The molecule has 4 nitrogen and oxygen atoms in total. The molecule has 112 valence electrons. The molecule has 2 N–H and O–H groups in total. The smallest absolute Gasteiger partial charge is 0.303 e. The molecule has 0 amide bonds. The van der Waals surface area contributed by atoms with Crippen LogP contribution in [-0.4, -0.2) is 23.3 Å². The molecule has 0 aliphatic rings. The Kier molecular flexibility index (Phi) is 5.03. The molecule has 1 rings (SSSR count). The van der Waals surface area contributed by atoms with E-state index in [1.165, 1.54) is 7.11 Å². The molecule has 0 aliphatic carbocycles. The molecule has 1 atom stereocenters. The molecule has 0 aromatic heterocycles. The average Bonchev–Trinajstić information content (AvgIpc) is 2.34. The summed E-state index contributed by atoms with van der Waals surface area (Å²) in [5.74, 6) is -0.366. The van der Waals surface area contributed by atoms with Crippen LogP contribution in [0.2, 0.25) is 0 Å². The molecule has 0 fully saturated rings. The molecule has 4 heteroatoms. The maximum Gasteiger partial charge on any atom is 0.303 e. The monoisotopic (exact) mass is 280 g/mol. The zero-order chi connectivity index (χ0) is 15.5. The molecular formula is C16H24O4. The van der Waals surface area contributed by atoms with Crippen LogP contribution in [0.4, 0.5) is 0 Å². The van der Waals surface area contributed by atoms with E-state index in [1.807, 2.05) is 33.8 Å². The summed E-state index contributed by atoms with van der Waals surface area (Å²) >= 11 is 0. The van der Waals surface area contributed by atoms with E-state index in [9.17, 15) is 9.90 Å². The van der Waals surface area contributed by atoms with Crippen molar-refractivity contribution in [3.8, 4) is 11.5 Å². The van der Waals surface area contributed by atoms with Gasteiger partial charge in [0.05, 0.1) is 13.5 Å². The highest BCUT2D eigenvalue weighted by atomic mass is 16.5. The summed E-state index contributed by atoms with van der Waals surface area (Å²) in [6, 6.07) is 3.64. The third-order valence-corrected chi connectivity index (χ3v) is 3.51. The second kappa shape index (κ2) is 6.16. The summed E-state index contributed by atoms with van der Waals surface area (Å²) in [6.45, 7) is 7.97. The third kappa shape index (κ3) is 3.65. The third-order valence-electron chi connectivity index (χ3n) is 3.51. The lowest BCUT2D eigenvalue weighted by Crippen LogP contribution is -2.14. The van der Waals surface area contributed by atoms with Crippen molar-refractivity contribution in [1.82, 2.24) is 0 Å². The van der Waals surface area contributed by atoms with Gasteiger partial charge in [-0.05, 0) is 29.4 Å². The van der Waals surface area contributed by atoms with Gasteiger partial charge in [-0.25, -0.2) is 0 Å². The van der Waals surface area contributed by atoms with Crippen LogP contribution < -0.4 is 4.74 Å². The highest BCUT2D eigenvalue weighted by Crippen LogP contribution is 2.41. The lowest BCUT2D eigenvalue weighted by atomic mass is 9.82. The summed E-state index contributed by atoms with van der Waals surface area (Å²) in [6.07, 6.45) is 0.803. The fraction of sp³-hybridized carbons (Fsp3) is 0.562. The first kappa shape index (κ1) is 16.3. The van der Waals surface area contributed by atoms with E-state index in [0.29, 0.717) is 5.75 Å². The van der Waals surface area contributed by atoms with Crippen molar-refractivity contribution in [3.63, 3.8) is 0 Å². The molecule has 1 aromatic rings. The van der Waals surface area contributed by atoms with Crippen molar-refractivity contribution in [2.75, 3.05) is 7.11 Å². The Labute approximate surface area is 120 Å². The average molecular weight is 280 g/mol. The molecule has 0 saturated carbocycles. The molecule has 0 bridgehead atoms. The van der Waals surface area contributed by atoms with E-state index in [4.69, 9.17) is 9.84 Å². The highest BCUT2D eigenvalue weighted by Gasteiger charge is 2.24. The lowest BCUT2D eigenvalue weighted by molar-refractivity contribution is -0.137. The number of carbonyl (C=O) groups is 1. The standard InChI is InChI=1S/C16H24O4/c1-6-10(9-14(17)18)11-7-12(16(2,3)4)15(19)13(8-11)20-5/h7-8,10,19H,6,9H2,1-5H3,(H,17,18). The normalized spacial score (nSPS) is 13.1. The van der Waals surface area contributed by atoms with Gasteiger partial charge in [0, 0.05) is 5.56 Å². The van der Waals surface area contributed by atoms with Crippen molar-refractivity contribution in [2.24, 2.45) is 0 Å². The first-order valence-electron chi connectivity index (χ1n) is 6.83. The van der Waals surface area contributed by atoms with Crippen LogP contribution in [0.5, 0.6) is 11.5 Å². The Morgan fingerprint density at radius 3 is 2.35 bits per heavy atom. The van der Waals surface area contributed by atoms with Gasteiger partial charge in [0.15, 0.2) is 11.5 Å². The Hall–Kier alpha value is -1.71. The molecule has 1 unspecified atom stereocenters. The minimum atomic E-state index is -0.818. The molecule has 1 aromatic carbocycles. The predicted octanol–water partition coefficient (Wildman–Crippen LogP) is 3.67. The Morgan fingerprint density at radius 1 is 1.35 bits per heavy atom. The number of benzene rings is 1. The molecular weight excluding hydrogens is 256 g/mol. The maximum absolute atomic E-state index is 11.0. The van der Waals surface area contributed by atoms with Gasteiger partial charge in [0.2, 0.25) is 0 Å². The SMILES string of the molecule is CCC(CC(=O)O)c1cc(OC)c(O)c(C(C)(C)C)c1. The summed E-state index contributed by atoms with van der Waals surface area (Å²) in [5.41, 5.74) is 1.43. The molecule has 0 aliphatic heterocycles. The van der Waals surface area contributed by atoms with E-state index >= 15 is 0 Å². The van der Waals surface area contributed by atoms with Crippen molar-refractivity contribution in [3.05, 3.63) is 23.3 Å². The fourth-order valence-electron chi connectivity index (χ4n) is 2.30. The number of carboxylic acids is 1. The number of ether oxygens (including phenoxy) is 1. The van der Waals surface area contributed by atoms with Crippen molar-refractivity contribution < 1.29 is 19.7 Å². The minimum absolute atomic E-state index is 0.0774. The van der Waals surface area contributed by atoms with Gasteiger partial charge in [0.25, 0.3) is 0 Å². The number of hydrogen-bond donors (Lipinski definition) is 2. The first-order valence-corrected chi connectivity index (χ1v) is 6.83. The topological polar surface area (TPSA) is 66.8 Å². The van der Waals surface area contributed by atoms with E-state index in [1.54, 1.807) is 6.07 Å². The van der Waals surface area contributed by atoms with E-state index < -0.39 is 5.97 Å². The Morgan fingerprint density at radius 2 is 1.95 bits per heavy atom. The number of carboxylic acid groups (broad SMARTS) is 1. The van der Waals surface area contributed by atoms with Crippen molar-refractivity contribution in [2.45, 2.75) is 51.9 Å². The second-order valence-electron chi connectivity index (χ2n) is 6.07. The summed E-state index contributed by atoms with van der Waals surface area (Å²) < 4.78 is 5.22. The Balaban J connectivity index is 3.37. The number of methoxy groups -OCH3 is 1. The zero-order valence-corrected chi connectivity index (χ0v) is 12.9. The zero-order valence-electron chi connectivity index (χ0n) is 12.9. The number of aliphatic carboxylic acids is 1. The summed E-state index contributed by atoms with van der Waals surface area (Å²) in [5, 5.41) is 19.2. The minimum Gasteiger partial charge on any atom is -0.504 e. The number of rotatable bonds is 5. The summed E-state index contributed by atoms with van der Waals surface area (Å²) in [4.78, 5) is 11.0. The van der Waals surface area contributed by atoms with Crippen LogP contribution >= 0.6 is 0 Å². The van der Waals surface area contributed by atoms with Crippen LogP contribution in [0.1, 0.15) is 57.6 Å². The lowest BCUT2D eigenvalue weighted by Gasteiger charge is -2.24. The van der Waals surface area contributed by atoms with Crippen LogP contribution in [0, 0.1) is 0 Å². The van der Waals surface area contributed by atoms with Gasteiger partial charge < -0.3 is 14.9 Å². The fourth-order valence-corrected chi connectivity index (χ4v) is 2.30. The number of hydrogen-bond acceptors (Lipinski definition) is 3. The van der Waals surface area contributed by atoms with E-state index in [2.05, 4.69) is 0 Å². The molecule has 0 radical (unpaired) electrons. The Bertz CT molecular complexity index is 486. The van der Waals surface area contributed by atoms with E-state index in [-0.39, 0.29) is 23.5 Å². The predicted molar refractivity (Wildman–Crippen MR) is 78.6 cm³/mol. The van der Waals surface area contributed by atoms with E-state index in [0.717, 1.165) is 17.5 Å². The molecule has 0 saturated heterocycles. The van der Waals surface area contributed by atoms with Gasteiger partial charge >= 0.3 is 5.97 Å². The molecule has 20 heavy (non-hydrogen) atoms. The number of aromatic hydroxyl groups is 1. The molecule has 0 heterocycles. The van der Waals surface area contributed by atoms with Crippen molar-refractivity contribution >= 4 is 5.97 Å². The highest BCUT2D eigenvalue weighted by molar-refractivity contribution is 5.68. The van der Waals surface area contributed by atoms with Crippen LogP contribution in [0.15, 0.2) is 12.1 Å². The van der Waals surface area contributed by atoms with Gasteiger partial charge in [0.1, 0.15) is 0 Å². The van der Waals surface area contributed by atoms with Gasteiger partial charge in [-0.2, -0.15) is 0 Å². The molecule has 0 spiro atoms. The number of phenolic OH excluding ortho intramolecular Hbond substituents is 1. The second-order valence-corrected chi connectivity index (χ2v) is 6.07. The maximum atomic E-state index is 11.0. The number of phenols is 1. The van der Waals surface area contributed by atoms with Crippen LogP contribution in [-0.2, 0) is 10.2 Å². The van der Waals surface area contributed by atoms with Crippen LogP contribution in [0.25, 0.3) is 0 Å². The largest absolute Gasteiger partial charge is 0.504 e. The van der Waals surface area contributed by atoms with Crippen LogP contribution in [0.3, 0.4) is 0 Å². The van der Waals surface area contributed by atoms with Gasteiger partial charge in [-0.3, -0.25) is 4.79 Å². The first-order chi connectivity index (χ1) is 9.20. The summed E-state index contributed by atoms with van der Waals surface area (Å²) in [7, 11) is 1.50. The van der Waals surface area contributed by atoms with Gasteiger partial charge in [-0.1, -0.05) is 33.8 Å².